The van der Waals surface area contributed by atoms with Crippen LogP contribution in [0.2, 0.25) is 0 Å². The summed E-state index contributed by atoms with van der Waals surface area (Å²) in [6.07, 6.45) is -1.97. The van der Waals surface area contributed by atoms with Gasteiger partial charge in [-0.15, -0.1) is 0 Å². The van der Waals surface area contributed by atoms with Gasteiger partial charge in [0.05, 0.1) is 18.3 Å². The summed E-state index contributed by atoms with van der Waals surface area (Å²) in [7, 11) is 0. The summed E-state index contributed by atoms with van der Waals surface area (Å²) in [5.74, 6) is -0.276. The van der Waals surface area contributed by atoms with Gasteiger partial charge in [-0.05, 0) is 11.5 Å². The molecule has 3 nitrogen and oxygen atoms in total. The molecule has 0 spiro atoms. The second-order valence-electron chi connectivity index (χ2n) is 5.34. The van der Waals surface area contributed by atoms with Crippen molar-refractivity contribution in [2.45, 2.75) is 45.5 Å². The molecule has 3 heteroatoms. The van der Waals surface area contributed by atoms with Gasteiger partial charge in [-0.3, -0.25) is 0 Å². The first-order chi connectivity index (χ1) is 8.43. The average molecular weight is 252 g/mol. The standard InChI is InChI=1S/C15H24O3/c1-10(2)14(17)11(3)15(18)13(16)9-12-7-5-4-6-8-12/h4-8,10-11,13-18H,9H2,1-3H3/t11-,13-,14+,15+/m0/s1. The van der Waals surface area contributed by atoms with Crippen LogP contribution in [0.4, 0.5) is 0 Å². The average Bonchev–Trinajstić information content (AvgIpc) is 2.37. The zero-order valence-electron chi connectivity index (χ0n) is 11.3. The minimum absolute atomic E-state index is 0.0681. The third-order valence-corrected chi connectivity index (χ3v) is 3.44. The van der Waals surface area contributed by atoms with Crippen LogP contribution in [0.5, 0.6) is 0 Å². The SMILES string of the molecule is CC(C)[C@@H](O)[C@H](C)[C@@H](O)[C@@H](O)Cc1ccccc1. The van der Waals surface area contributed by atoms with Crippen LogP contribution in [0, 0.1) is 11.8 Å². The van der Waals surface area contributed by atoms with E-state index >= 15 is 0 Å². The van der Waals surface area contributed by atoms with Crippen LogP contribution >= 0.6 is 0 Å². The van der Waals surface area contributed by atoms with E-state index in [2.05, 4.69) is 0 Å². The topological polar surface area (TPSA) is 60.7 Å². The molecular formula is C15H24O3. The Bertz CT molecular complexity index is 337. The van der Waals surface area contributed by atoms with Gasteiger partial charge in [-0.1, -0.05) is 51.1 Å². The van der Waals surface area contributed by atoms with E-state index < -0.39 is 18.3 Å². The van der Waals surface area contributed by atoms with Crippen molar-refractivity contribution in [3.05, 3.63) is 35.9 Å². The van der Waals surface area contributed by atoms with Crippen molar-refractivity contribution in [1.82, 2.24) is 0 Å². The van der Waals surface area contributed by atoms with Crippen molar-refractivity contribution < 1.29 is 15.3 Å². The molecule has 0 heterocycles. The number of hydrogen-bond donors (Lipinski definition) is 3. The lowest BCUT2D eigenvalue weighted by atomic mass is 9.86. The fourth-order valence-corrected chi connectivity index (χ4v) is 2.14. The van der Waals surface area contributed by atoms with Crippen LogP contribution in [-0.4, -0.2) is 33.6 Å². The summed E-state index contributed by atoms with van der Waals surface area (Å²) in [4.78, 5) is 0. The number of aliphatic hydroxyl groups excluding tert-OH is 3. The Morgan fingerprint density at radius 1 is 0.889 bits per heavy atom. The number of benzene rings is 1. The van der Waals surface area contributed by atoms with Gasteiger partial charge in [0.2, 0.25) is 0 Å². The molecule has 3 N–H and O–H groups in total. The molecule has 1 rings (SSSR count). The zero-order chi connectivity index (χ0) is 13.7. The predicted octanol–water partition coefficient (Wildman–Crippen LogP) is 1.60. The van der Waals surface area contributed by atoms with Crippen LogP contribution in [0.15, 0.2) is 30.3 Å². The molecule has 0 bridgehead atoms. The highest BCUT2D eigenvalue weighted by atomic mass is 16.3. The molecule has 0 unspecified atom stereocenters. The second kappa shape index (κ2) is 6.88. The Morgan fingerprint density at radius 2 is 1.44 bits per heavy atom. The quantitative estimate of drug-likeness (QED) is 0.721. The lowest BCUT2D eigenvalue weighted by Gasteiger charge is -2.29. The van der Waals surface area contributed by atoms with E-state index in [-0.39, 0.29) is 11.8 Å². The molecule has 0 fully saturated rings. The van der Waals surface area contributed by atoms with Crippen molar-refractivity contribution in [1.29, 1.82) is 0 Å². The monoisotopic (exact) mass is 252 g/mol. The van der Waals surface area contributed by atoms with E-state index in [0.29, 0.717) is 6.42 Å². The molecule has 0 amide bonds. The van der Waals surface area contributed by atoms with E-state index in [0.717, 1.165) is 5.56 Å². The van der Waals surface area contributed by atoms with Gasteiger partial charge in [0, 0.05) is 12.3 Å². The van der Waals surface area contributed by atoms with Gasteiger partial charge in [0.1, 0.15) is 0 Å². The third kappa shape index (κ3) is 4.09. The van der Waals surface area contributed by atoms with E-state index in [4.69, 9.17) is 0 Å². The van der Waals surface area contributed by atoms with Crippen LogP contribution in [0.1, 0.15) is 26.3 Å². The maximum atomic E-state index is 10.1. The fraction of sp³-hybridized carbons (Fsp3) is 0.600. The molecule has 18 heavy (non-hydrogen) atoms. The van der Waals surface area contributed by atoms with Gasteiger partial charge in [-0.2, -0.15) is 0 Å². The largest absolute Gasteiger partial charge is 0.392 e. The van der Waals surface area contributed by atoms with E-state index in [1.807, 2.05) is 44.2 Å². The highest BCUT2D eigenvalue weighted by Crippen LogP contribution is 2.20. The highest BCUT2D eigenvalue weighted by molar-refractivity contribution is 5.15. The van der Waals surface area contributed by atoms with Crippen molar-refractivity contribution in [3.63, 3.8) is 0 Å². The van der Waals surface area contributed by atoms with Crippen LogP contribution in [-0.2, 0) is 6.42 Å². The number of aliphatic hydroxyl groups is 3. The van der Waals surface area contributed by atoms with Gasteiger partial charge in [0.15, 0.2) is 0 Å². The smallest absolute Gasteiger partial charge is 0.0852 e. The summed E-state index contributed by atoms with van der Waals surface area (Å²) in [6, 6.07) is 9.55. The molecule has 1 aromatic rings. The molecule has 4 atom stereocenters. The lowest BCUT2D eigenvalue weighted by Crippen LogP contribution is -2.41. The summed E-state index contributed by atoms with van der Waals surface area (Å²) in [6.45, 7) is 5.57. The van der Waals surface area contributed by atoms with Crippen molar-refractivity contribution in [2.24, 2.45) is 11.8 Å². The van der Waals surface area contributed by atoms with Crippen LogP contribution in [0.3, 0.4) is 0 Å². The van der Waals surface area contributed by atoms with Gasteiger partial charge in [0.25, 0.3) is 0 Å². The van der Waals surface area contributed by atoms with E-state index in [1.54, 1.807) is 6.92 Å². The predicted molar refractivity (Wildman–Crippen MR) is 72.2 cm³/mol. The molecule has 0 aliphatic heterocycles. The Morgan fingerprint density at radius 3 is 1.94 bits per heavy atom. The highest BCUT2D eigenvalue weighted by Gasteiger charge is 2.29. The Labute approximate surface area is 109 Å². The van der Waals surface area contributed by atoms with Crippen LogP contribution in [0.25, 0.3) is 0 Å². The molecule has 0 radical (unpaired) electrons. The van der Waals surface area contributed by atoms with Crippen LogP contribution < -0.4 is 0 Å². The maximum Gasteiger partial charge on any atom is 0.0852 e. The summed E-state index contributed by atoms with van der Waals surface area (Å²) in [5, 5.41) is 30.0. The van der Waals surface area contributed by atoms with Crippen molar-refractivity contribution in [3.8, 4) is 0 Å². The molecule has 0 saturated carbocycles. The normalized spacial score (nSPS) is 18.4. The third-order valence-electron chi connectivity index (χ3n) is 3.44. The minimum Gasteiger partial charge on any atom is -0.392 e. The first kappa shape index (κ1) is 15.2. The summed E-state index contributed by atoms with van der Waals surface area (Å²) < 4.78 is 0. The molecular weight excluding hydrogens is 228 g/mol. The molecule has 0 aliphatic carbocycles. The van der Waals surface area contributed by atoms with E-state index in [1.165, 1.54) is 0 Å². The Balaban J connectivity index is 2.58. The number of rotatable bonds is 6. The second-order valence-corrected chi connectivity index (χ2v) is 5.34. The first-order valence-corrected chi connectivity index (χ1v) is 6.51. The molecule has 0 aliphatic rings. The first-order valence-electron chi connectivity index (χ1n) is 6.51. The summed E-state index contributed by atoms with van der Waals surface area (Å²) in [5.41, 5.74) is 0.982. The molecule has 0 aromatic heterocycles. The maximum absolute atomic E-state index is 10.1. The molecule has 1 aromatic carbocycles. The Hall–Kier alpha value is -0.900. The summed E-state index contributed by atoms with van der Waals surface area (Å²) >= 11 is 0. The number of hydrogen-bond acceptors (Lipinski definition) is 3. The van der Waals surface area contributed by atoms with Gasteiger partial charge in [-0.25, -0.2) is 0 Å². The van der Waals surface area contributed by atoms with Crippen molar-refractivity contribution >= 4 is 0 Å². The molecule has 102 valence electrons. The minimum atomic E-state index is -0.914. The lowest BCUT2D eigenvalue weighted by molar-refractivity contribution is -0.0619. The fourth-order valence-electron chi connectivity index (χ4n) is 2.14. The van der Waals surface area contributed by atoms with Crippen molar-refractivity contribution in [2.75, 3.05) is 0 Å². The molecule has 0 saturated heterocycles. The van der Waals surface area contributed by atoms with Gasteiger partial charge < -0.3 is 15.3 Å². The zero-order valence-corrected chi connectivity index (χ0v) is 11.3. The van der Waals surface area contributed by atoms with E-state index in [9.17, 15) is 15.3 Å². The van der Waals surface area contributed by atoms with Gasteiger partial charge >= 0.3 is 0 Å². The Kier molecular flexibility index (Phi) is 5.79.